The molecule has 10 heteroatoms. The van der Waals surface area contributed by atoms with E-state index in [1.165, 1.54) is 0 Å². The van der Waals surface area contributed by atoms with E-state index in [0.29, 0.717) is 0 Å². The second-order valence-corrected chi connectivity index (χ2v) is 6.32. The van der Waals surface area contributed by atoms with Gasteiger partial charge in [-0.25, -0.2) is 0 Å². The summed E-state index contributed by atoms with van der Waals surface area (Å²) in [5, 5.41) is 24.7. The summed E-state index contributed by atoms with van der Waals surface area (Å²) in [4.78, 5) is 30.0. The van der Waals surface area contributed by atoms with Gasteiger partial charge >= 0.3 is 17.9 Å². The van der Waals surface area contributed by atoms with Crippen molar-refractivity contribution in [1.82, 2.24) is 0 Å². The first-order valence-electron chi connectivity index (χ1n) is 7.61. The van der Waals surface area contributed by atoms with Gasteiger partial charge in [0.1, 0.15) is 18.1 Å². The minimum absolute atomic E-state index is 0. The number of nitrogens with two attached hydrogens (primary N) is 3. The second-order valence-electron chi connectivity index (χ2n) is 6.32. The summed E-state index contributed by atoms with van der Waals surface area (Å²) in [6.07, 6.45) is 0. The first kappa shape index (κ1) is 31.6. The molecular weight excluding hydrogens is 370 g/mol. The minimum Gasteiger partial charge on any atom is -0.480 e. The molecule has 0 aliphatic rings. The van der Waals surface area contributed by atoms with E-state index in [1.807, 2.05) is 0 Å². The van der Waals surface area contributed by atoms with Crippen LogP contribution in [0.3, 0.4) is 0 Å². The number of hydrogen-bond acceptors (Lipinski definition) is 6. The Bertz CT molecular complexity index is 334. The zero-order valence-corrected chi connectivity index (χ0v) is 16.9. The molecule has 0 spiro atoms. The monoisotopic (exact) mass is 403 g/mol. The van der Waals surface area contributed by atoms with Crippen molar-refractivity contribution in [3.05, 3.63) is 0 Å². The average molecular weight is 403 g/mol. The van der Waals surface area contributed by atoms with Gasteiger partial charge in [-0.1, -0.05) is 41.5 Å². The summed E-state index contributed by atoms with van der Waals surface area (Å²) >= 11 is 0. The van der Waals surface area contributed by atoms with Gasteiger partial charge in [0.15, 0.2) is 0 Å². The van der Waals surface area contributed by atoms with Crippen molar-refractivity contribution in [1.29, 1.82) is 0 Å². The molecule has 9 nitrogen and oxygen atoms in total. The maximum atomic E-state index is 10.0. The molecule has 0 saturated heterocycles. The molecular formula is C15H33CrN3O6. The maximum Gasteiger partial charge on any atom is 0.320 e. The number of carbonyl (C=O) groups is 3. The molecule has 0 bridgehead atoms. The number of carboxylic acids is 3. The van der Waals surface area contributed by atoms with E-state index in [-0.39, 0.29) is 35.1 Å². The van der Waals surface area contributed by atoms with Gasteiger partial charge < -0.3 is 32.5 Å². The number of carboxylic acid groups (broad SMARTS) is 3. The Morgan fingerprint density at radius 2 is 0.680 bits per heavy atom. The fourth-order valence-corrected chi connectivity index (χ4v) is 0.855. The minimum atomic E-state index is -0.931. The van der Waals surface area contributed by atoms with Crippen LogP contribution in [0.4, 0.5) is 0 Å². The van der Waals surface area contributed by atoms with Crippen LogP contribution in [0.1, 0.15) is 41.5 Å². The van der Waals surface area contributed by atoms with Crippen LogP contribution in [-0.2, 0) is 31.7 Å². The molecule has 0 aromatic rings. The third-order valence-electron chi connectivity index (χ3n) is 3.01. The largest absolute Gasteiger partial charge is 0.480 e. The summed E-state index contributed by atoms with van der Waals surface area (Å²) in [6.45, 7) is 10.7. The van der Waals surface area contributed by atoms with E-state index in [2.05, 4.69) is 0 Å². The number of aliphatic carboxylic acids is 3. The van der Waals surface area contributed by atoms with Crippen LogP contribution >= 0.6 is 0 Å². The first-order chi connectivity index (χ1) is 10.7. The standard InChI is InChI=1S/3C5H11NO2.Cr/c3*1-3(2)4(6)5(7)8;/h3*3-4H,6H2,1-2H3,(H,7,8);/t3*4-;/m000./s1. The van der Waals surface area contributed by atoms with Crippen LogP contribution in [0.5, 0.6) is 0 Å². The van der Waals surface area contributed by atoms with E-state index in [9.17, 15) is 14.4 Å². The van der Waals surface area contributed by atoms with Crippen LogP contribution in [0.15, 0.2) is 0 Å². The van der Waals surface area contributed by atoms with E-state index < -0.39 is 36.0 Å². The zero-order chi connectivity index (χ0) is 20.2. The third-order valence-corrected chi connectivity index (χ3v) is 3.01. The third kappa shape index (κ3) is 19.0. The van der Waals surface area contributed by atoms with Gasteiger partial charge in [0.05, 0.1) is 0 Å². The van der Waals surface area contributed by atoms with Gasteiger partial charge in [-0.2, -0.15) is 0 Å². The SMILES string of the molecule is CC(C)[C@H](N)C(=O)O.CC(C)[C@H](N)C(=O)O.CC(C)[C@H](N)C(=O)O.[Cr]. The molecule has 0 amide bonds. The van der Waals surface area contributed by atoms with E-state index in [1.54, 1.807) is 41.5 Å². The predicted molar refractivity (Wildman–Crippen MR) is 91.3 cm³/mol. The first-order valence-corrected chi connectivity index (χ1v) is 7.61. The summed E-state index contributed by atoms with van der Waals surface area (Å²) < 4.78 is 0. The van der Waals surface area contributed by atoms with Gasteiger partial charge in [0.2, 0.25) is 0 Å². The Hall–Kier alpha value is -1.18. The molecule has 0 aliphatic carbocycles. The van der Waals surface area contributed by atoms with Crippen LogP contribution in [0.25, 0.3) is 0 Å². The molecule has 3 atom stereocenters. The van der Waals surface area contributed by atoms with Gasteiger partial charge in [-0.15, -0.1) is 0 Å². The summed E-state index contributed by atoms with van der Waals surface area (Å²) in [6, 6.07) is -2.14. The molecule has 25 heavy (non-hydrogen) atoms. The molecule has 9 N–H and O–H groups in total. The summed E-state index contributed by atoms with van der Waals surface area (Å²) in [7, 11) is 0. The van der Waals surface area contributed by atoms with Crippen LogP contribution in [0.2, 0.25) is 0 Å². The normalized spacial score (nSPS) is 13.4. The fraction of sp³-hybridized carbons (Fsp3) is 0.800. The molecule has 0 fully saturated rings. The summed E-state index contributed by atoms with van der Waals surface area (Å²) in [5.74, 6) is -2.73. The Morgan fingerprint density at radius 3 is 0.680 bits per heavy atom. The number of rotatable bonds is 6. The summed E-state index contributed by atoms with van der Waals surface area (Å²) in [5.41, 5.74) is 15.5. The Labute approximate surface area is 160 Å². The molecule has 0 heterocycles. The molecule has 0 radical (unpaired) electrons. The van der Waals surface area contributed by atoms with Crippen LogP contribution in [0, 0.1) is 17.8 Å². The molecule has 0 aliphatic heterocycles. The molecule has 0 saturated carbocycles. The molecule has 0 unspecified atom stereocenters. The molecule has 0 rings (SSSR count). The van der Waals surface area contributed by atoms with Gasteiger partial charge in [0, 0.05) is 17.4 Å². The zero-order valence-electron chi connectivity index (χ0n) is 15.7. The predicted octanol–water partition coefficient (Wildman–Crippen LogP) is 0.160. The fourth-order valence-electron chi connectivity index (χ4n) is 0.855. The van der Waals surface area contributed by atoms with Gasteiger partial charge in [0.25, 0.3) is 0 Å². The molecule has 0 aromatic heterocycles. The Kier molecular flexibility index (Phi) is 20.6. The van der Waals surface area contributed by atoms with Crippen molar-refractivity contribution < 1.29 is 47.1 Å². The Balaban J connectivity index is -0.000000130. The average Bonchev–Trinajstić information content (AvgIpc) is 2.45. The van der Waals surface area contributed by atoms with E-state index >= 15 is 0 Å². The van der Waals surface area contributed by atoms with Crippen LogP contribution < -0.4 is 17.2 Å². The van der Waals surface area contributed by atoms with Gasteiger partial charge in [-0.3, -0.25) is 14.4 Å². The smallest absolute Gasteiger partial charge is 0.320 e. The number of hydrogen-bond donors (Lipinski definition) is 6. The van der Waals surface area contributed by atoms with Crippen molar-refractivity contribution in [3.63, 3.8) is 0 Å². The van der Waals surface area contributed by atoms with Crippen molar-refractivity contribution >= 4 is 17.9 Å². The van der Waals surface area contributed by atoms with Crippen molar-refractivity contribution in [2.75, 3.05) is 0 Å². The van der Waals surface area contributed by atoms with E-state index in [0.717, 1.165) is 0 Å². The van der Waals surface area contributed by atoms with E-state index in [4.69, 9.17) is 32.5 Å². The molecule has 150 valence electrons. The molecule has 0 aromatic carbocycles. The second kappa shape index (κ2) is 16.3. The maximum absolute atomic E-state index is 10.0. The van der Waals surface area contributed by atoms with Gasteiger partial charge in [-0.05, 0) is 17.8 Å². The van der Waals surface area contributed by atoms with Crippen LogP contribution in [-0.4, -0.2) is 51.4 Å². The topological polar surface area (TPSA) is 190 Å². The Morgan fingerprint density at radius 1 is 0.560 bits per heavy atom. The quantitative estimate of drug-likeness (QED) is 0.358. The van der Waals surface area contributed by atoms with Crippen molar-refractivity contribution in [2.45, 2.75) is 59.7 Å². The van der Waals surface area contributed by atoms with Crippen molar-refractivity contribution in [2.24, 2.45) is 35.0 Å². The van der Waals surface area contributed by atoms with Crippen molar-refractivity contribution in [3.8, 4) is 0 Å².